The highest BCUT2D eigenvalue weighted by atomic mass is 32.1. The van der Waals surface area contributed by atoms with Crippen molar-refractivity contribution in [3.63, 3.8) is 0 Å². The molecule has 1 fully saturated rings. The van der Waals surface area contributed by atoms with Crippen LogP contribution in [-0.2, 0) is 4.79 Å². The van der Waals surface area contributed by atoms with E-state index in [0.717, 1.165) is 17.8 Å². The topological polar surface area (TPSA) is 69.6 Å². The first-order chi connectivity index (χ1) is 9.65. The second-order valence-electron chi connectivity index (χ2n) is 4.89. The molecule has 2 amide bonds. The van der Waals surface area contributed by atoms with Crippen LogP contribution in [0, 0.1) is 5.92 Å². The highest BCUT2D eigenvalue weighted by Crippen LogP contribution is 2.31. The Kier molecular flexibility index (Phi) is 5.14. The Bertz CT molecular complexity index is 483. The average molecular weight is 296 g/mol. The summed E-state index contributed by atoms with van der Waals surface area (Å²) in [5.41, 5.74) is 0. The SMILES string of the molecule is CCN(CCCO)C(=O)c1ccc(NC(=O)C2CC2)s1. The molecule has 1 aliphatic carbocycles. The summed E-state index contributed by atoms with van der Waals surface area (Å²) in [4.78, 5) is 26.3. The van der Waals surface area contributed by atoms with E-state index in [1.165, 1.54) is 11.3 Å². The molecule has 1 heterocycles. The number of aliphatic hydroxyl groups excluding tert-OH is 1. The molecular weight excluding hydrogens is 276 g/mol. The second-order valence-corrected chi connectivity index (χ2v) is 5.97. The molecule has 0 bridgehead atoms. The van der Waals surface area contributed by atoms with Gasteiger partial charge in [-0.15, -0.1) is 11.3 Å². The highest BCUT2D eigenvalue weighted by Gasteiger charge is 2.30. The van der Waals surface area contributed by atoms with Crippen LogP contribution in [0.3, 0.4) is 0 Å². The lowest BCUT2D eigenvalue weighted by Gasteiger charge is -2.19. The van der Waals surface area contributed by atoms with Crippen LogP contribution in [0.2, 0.25) is 0 Å². The summed E-state index contributed by atoms with van der Waals surface area (Å²) >= 11 is 1.31. The predicted molar refractivity (Wildman–Crippen MR) is 79.0 cm³/mol. The third-order valence-electron chi connectivity index (χ3n) is 3.27. The minimum absolute atomic E-state index is 0.0436. The Labute approximate surface area is 122 Å². The van der Waals surface area contributed by atoms with Crippen molar-refractivity contribution in [3.8, 4) is 0 Å². The van der Waals surface area contributed by atoms with E-state index in [1.807, 2.05) is 6.92 Å². The van der Waals surface area contributed by atoms with Crippen LogP contribution in [0.15, 0.2) is 12.1 Å². The van der Waals surface area contributed by atoms with Crippen LogP contribution in [0.1, 0.15) is 35.9 Å². The number of aliphatic hydroxyl groups is 1. The lowest BCUT2D eigenvalue weighted by Crippen LogP contribution is -2.31. The van der Waals surface area contributed by atoms with Crippen LogP contribution >= 0.6 is 11.3 Å². The Morgan fingerprint density at radius 2 is 2.20 bits per heavy atom. The van der Waals surface area contributed by atoms with Gasteiger partial charge in [0.15, 0.2) is 0 Å². The van der Waals surface area contributed by atoms with Crippen molar-refractivity contribution in [3.05, 3.63) is 17.0 Å². The van der Waals surface area contributed by atoms with E-state index in [-0.39, 0.29) is 24.3 Å². The highest BCUT2D eigenvalue weighted by molar-refractivity contribution is 7.18. The van der Waals surface area contributed by atoms with Gasteiger partial charge in [0.05, 0.1) is 9.88 Å². The molecule has 2 N–H and O–H groups in total. The zero-order valence-electron chi connectivity index (χ0n) is 11.6. The van der Waals surface area contributed by atoms with Gasteiger partial charge in [0.2, 0.25) is 5.91 Å². The molecule has 6 heteroatoms. The summed E-state index contributed by atoms with van der Waals surface area (Å²) in [6.45, 7) is 3.16. The number of nitrogens with zero attached hydrogens (tertiary/aromatic N) is 1. The first-order valence-corrected chi connectivity index (χ1v) is 7.78. The third kappa shape index (κ3) is 3.80. The van der Waals surface area contributed by atoms with Gasteiger partial charge >= 0.3 is 0 Å². The number of hydrogen-bond donors (Lipinski definition) is 2. The summed E-state index contributed by atoms with van der Waals surface area (Å²) in [5, 5.41) is 12.4. The number of rotatable bonds is 7. The first kappa shape index (κ1) is 15.0. The summed E-state index contributed by atoms with van der Waals surface area (Å²) in [6.07, 6.45) is 2.51. The molecule has 1 aromatic heterocycles. The minimum Gasteiger partial charge on any atom is -0.396 e. The van der Waals surface area contributed by atoms with Crippen LogP contribution in [0.4, 0.5) is 5.00 Å². The van der Waals surface area contributed by atoms with Gasteiger partial charge in [0, 0.05) is 25.6 Å². The number of nitrogens with one attached hydrogen (secondary N) is 1. The summed E-state index contributed by atoms with van der Waals surface area (Å²) in [5.74, 6) is 0.171. The standard InChI is InChI=1S/C14H20N2O3S/c1-2-16(8-3-9-17)14(19)11-6-7-12(20-11)15-13(18)10-4-5-10/h6-7,10,17H,2-5,8-9H2,1H3,(H,15,18). The van der Waals surface area contributed by atoms with Crippen molar-refractivity contribution in [2.75, 3.05) is 25.0 Å². The van der Waals surface area contributed by atoms with E-state index in [2.05, 4.69) is 5.32 Å². The monoisotopic (exact) mass is 296 g/mol. The molecule has 1 aromatic rings. The predicted octanol–water partition coefficient (Wildman–Crippen LogP) is 1.94. The quantitative estimate of drug-likeness (QED) is 0.808. The number of carbonyl (C=O) groups is 2. The molecule has 1 aliphatic rings. The molecule has 0 radical (unpaired) electrons. The number of amides is 2. The fourth-order valence-electron chi connectivity index (χ4n) is 1.91. The number of carbonyl (C=O) groups excluding carboxylic acids is 2. The zero-order valence-corrected chi connectivity index (χ0v) is 12.4. The fourth-order valence-corrected chi connectivity index (χ4v) is 2.79. The second kappa shape index (κ2) is 6.85. The van der Waals surface area contributed by atoms with Crippen LogP contribution in [0.25, 0.3) is 0 Å². The molecule has 110 valence electrons. The Morgan fingerprint density at radius 1 is 1.45 bits per heavy atom. The van der Waals surface area contributed by atoms with Gasteiger partial charge < -0.3 is 15.3 Å². The number of hydrogen-bond acceptors (Lipinski definition) is 4. The van der Waals surface area contributed by atoms with Crippen molar-refractivity contribution in [1.29, 1.82) is 0 Å². The maximum Gasteiger partial charge on any atom is 0.263 e. The van der Waals surface area contributed by atoms with Gasteiger partial charge in [-0.1, -0.05) is 0 Å². The largest absolute Gasteiger partial charge is 0.396 e. The van der Waals surface area contributed by atoms with E-state index in [4.69, 9.17) is 5.11 Å². The van der Waals surface area contributed by atoms with E-state index in [9.17, 15) is 9.59 Å². The fraction of sp³-hybridized carbons (Fsp3) is 0.571. The van der Waals surface area contributed by atoms with E-state index in [0.29, 0.717) is 24.4 Å². The molecule has 0 unspecified atom stereocenters. The molecule has 0 aliphatic heterocycles. The van der Waals surface area contributed by atoms with Gasteiger partial charge in [-0.05, 0) is 38.3 Å². The average Bonchev–Trinajstić information content (AvgIpc) is 3.20. The smallest absolute Gasteiger partial charge is 0.263 e. The molecule has 0 saturated heterocycles. The lowest BCUT2D eigenvalue weighted by molar-refractivity contribution is -0.117. The van der Waals surface area contributed by atoms with Gasteiger partial charge in [-0.3, -0.25) is 9.59 Å². The summed E-state index contributed by atoms with van der Waals surface area (Å²) in [6, 6.07) is 3.52. The van der Waals surface area contributed by atoms with Crippen LogP contribution < -0.4 is 5.32 Å². The number of thiophene rings is 1. The molecular formula is C14H20N2O3S. The lowest BCUT2D eigenvalue weighted by atomic mass is 10.3. The normalized spacial score (nSPS) is 14.1. The summed E-state index contributed by atoms with van der Waals surface area (Å²) in [7, 11) is 0. The number of anilines is 1. The summed E-state index contributed by atoms with van der Waals surface area (Å²) < 4.78 is 0. The van der Waals surface area contributed by atoms with Gasteiger partial charge in [0.1, 0.15) is 0 Å². The van der Waals surface area contributed by atoms with Crippen molar-refractivity contribution >= 4 is 28.2 Å². The molecule has 5 nitrogen and oxygen atoms in total. The minimum atomic E-state index is -0.0436. The molecule has 0 spiro atoms. The third-order valence-corrected chi connectivity index (χ3v) is 4.26. The Hall–Kier alpha value is -1.40. The maximum absolute atomic E-state index is 12.3. The van der Waals surface area contributed by atoms with E-state index < -0.39 is 0 Å². The zero-order chi connectivity index (χ0) is 14.5. The Balaban J connectivity index is 1.95. The van der Waals surface area contributed by atoms with Crippen LogP contribution in [0.5, 0.6) is 0 Å². The van der Waals surface area contributed by atoms with Crippen LogP contribution in [-0.4, -0.2) is 41.5 Å². The van der Waals surface area contributed by atoms with Gasteiger partial charge in [-0.25, -0.2) is 0 Å². The molecule has 1 saturated carbocycles. The maximum atomic E-state index is 12.3. The molecule has 20 heavy (non-hydrogen) atoms. The van der Waals surface area contributed by atoms with E-state index >= 15 is 0 Å². The Morgan fingerprint density at radius 3 is 2.80 bits per heavy atom. The first-order valence-electron chi connectivity index (χ1n) is 6.96. The van der Waals surface area contributed by atoms with Gasteiger partial charge in [0.25, 0.3) is 5.91 Å². The van der Waals surface area contributed by atoms with E-state index in [1.54, 1.807) is 17.0 Å². The van der Waals surface area contributed by atoms with Crippen molar-refractivity contribution in [1.82, 2.24) is 4.90 Å². The molecule has 2 rings (SSSR count). The molecule has 0 aromatic carbocycles. The van der Waals surface area contributed by atoms with Crippen molar-refractivity contribution in [2.24, 2.45) is 5.92 Å². The van der Waals surface area contributed by atoms with Crippen molar-refractivity contribution < 1.29 is 14.7 Å². The molecule has 0 atom stereocenters. The van der Waals surface area contributed by atoms with Crippen molar-refractivity contribution in [2.45, 2.75) is 26.2 Å². The van der Waals surface area contributed by atoms with Gasteiger partial charge in [-0.2, -0.15) is 0 Å².